The van der Waals surface area contributed by atoms with E-state index in [0.29, 0.717) is 5.75 Å². The van der Waals surface area contributed by atoms with Gasteiger partial charge in [-0.3, -0.25) is 0 Å². The normalized spacial score (nSPS) is 13.4. The third-order valence-electron chi connectivity index (χ3n) is 1.78. The summed E-state index contributed by atoms with van der Waals surface area (Å²) in [5.74, 6) is 0.862. The van der Waals surface area contributed by atoms with E-state index >= 15 is 0 Å². The van der Waals surface area contributed by atoms with Crippen LogP contribution in [0.5, 0.6) is 5.75 Å². The second-order valence-electron chi connectivity index (χ2n) is 3.21. The molecule has 0 aromatic heterocycles. The van der Waals surface area contributed by atoms with E-state index in [1.807, 2.05) is 0 Å². The fourth-order valence-corrected chi connectivity index (χ4v) is 3.50. The van der Waals surface area contributed by atoms with Crippen LogP contribution in [-0.4, -0.2) is 25.2 Å². The van der Waals surface area contributed by atoms with Crippen molar-refractivity contribution in [1.29, 1.82) is 0 Å². The molecule has 0 radical (unpaired) electrons. The van der Waals surface area contributed by atoms with Crippen molar-refractivity contribution in [3.63, 3.8) is 0 Å². The molecule has 1 aromatic carbocycles. The highest BCUT2D eigenvalue weighted by atomic mass is 32.3. The molecule has 5 nitrogen and oxygen atoms in total. The van der Waals surface area contributed by atoms with Crippen molar-refractivity contribution in [2.45, 2.75) is 5.75 Å². The van der Waals surface area contributed by atoms with Crippen LogP contribution in [-0.2, 0) is 27.0 Å². The number of primary sulfonamides is 1. The van der Waals surface area contributed by atoms with Crippen LogP contribution >= 0.6 is 0 Å². The Morgan fingerprint density at radius 1 is 1.38 bits per heavy atom. The van der Waals surface area contributed by atoms with Gasteiger partial charge in [0.05, 0.1) is 7.11 Å². The summed E-state index contributed by atoms with van der Waals surface area (Å²) in [7, 11) is -2.13. The number of hydrogen-bond donors (Lipinski definition) is 1. The Balaban J connectivity index is 2.59. The van der Waals surface area contributed by atoms with Crippen molar-refractivity contribution in [2.24, 2.45) is 5.14 Å². The fraction of sp³-hybridized carbons (Fsp3) is 0.333. The molecule has 0 aliphatic rings. The second kappa shape index (κ2) is 5.53. The lowest BCUT2D eigenvalue weighted by atomic mass is 10.2. The van der Waals surface area contributed by atoms with Crippen molar-refractivity contribution in [3.05, 3.63) is 29.8 Å². The number of sulfonamides is 1. The predicted molar refractivity (Wildman–Crippen MR) is 62.8 cm³/mol. The molecule has 0 saturated heterocycles. The molecule has 0 amide bonds. The monoisotopic (exact) mass is 263 g/mol. The number of nitrogens with two attached hydrogens (primary N) is 1. The summed E-state index contributed by atoms with van der Waals surface area (Å²) in [5, 5.41) is 4.28. The third-order valence-corrected chi connectivity index (χ3v) is 4.80. The van der Waals surface area contributed by atoms with Gasteiger partial charge in [-0.25, -0.2) is 13.6 Å². The summed E-state index contributed by atoms with van der Waals surface area (Å²) >= 11 is -1.50. The standard InChI is InChI=1S/C9H13NO4S2/c1-14-9-4-2-8(3-5-9)6-15(11)7-16(10,12)13/h2-5H,6-7H2,1H3,(H2,10,12,13). The van der Waals surface area contributed by atoms with E-state index in [-0.39, 0.29) is 5.75 Å². The number of hydrogen-bond acceptors (Lipinski definition) is 4. The van der Waals surface area contributed by atoms with Gasteiger partial charge >= 0.3 is 0 Å². The Labute approximate surface area is 97.8 Å². The molecule has 0 bridgehead atoms. The van der Waals surface area contributed by atoms with Gasteiger partial charge in [0, 0.05) is 5.56 Å². The van der Waals surface area contributed by atoms with Gasteiger partial charge in [-0.05, 0) is 23.3 Å². The quantitative estimate of drug-likeness (QED) is 0.767. The number of ether oxygens (including phenoxy) is 1. The van der Waals surface area contributed by atoms with Crippen LogP contribution < -0.4 is 9.88 Å². The zero-order chi connectivity index (χ0) is 12.2. The van der Waals surface area contributed by atoms with Crippen LogP contribution in [0.25, 0.3) is 0 Å². The number of benzene rings is 1. The molecule has 0 aliphatic carbocycles. The molecule has 0 heterocycles. The first-order chi connectivity index (χ1) is 7.40. The van der Waals surface area contributed by atoms with Crippen molar-refractivity contribution in [3.8, 4) is 5.75 Å². The molecule has 0 aliphatic heterocycles. The number of methoxy groups -OCH3 is 1. The second-order valence-corrected chi connectivity index (χ2v) is 6.65. The first-order valence-corrected chi connectivity index (χ1v) is 7.59. The summed E-state index contributed by atoms with van der Waals surface area (Å²) in [6, 6.07) is 6.92. The van der Waals surface area contributed by atoms with E-state index in [1.165, 1.54) is 0 Å². The van der Waals surface area contributed by atoms with E-state index in [9.17, 15) is 13.0 Å². The smallest absolute Gasteiger partial charge is 0.255 e. The van der Waals surface area contributed by atoms with E-state index in [0.717, 1.165) is 5.56 Å². The lowest BCUT2D eigenvalue weighted by Gasteiger charge is -2.09. The Kier molecular flexibility index (Phi) is 4.60. The number of rotatable bonds is 5. The Morgan fingerprint density at radius 3 is 2.38 bits per heavy atom. The van der Waals surface area contributed by atoms with Crippen LogP contribution in [0.1, 0.15) is 5.56 Å². The Bertz CT molecular complexity index is 429. The summed E-state index contributed by atoms with van der Waals surface area (Å²) in [5.41, 5.74) is 0.780. The maximum Gasteiger partial charge on any atom is 0.255 e. The van der Waals surface area contributed by atoms with Gasteiger partial charge < -0.3 is 9.29 Å². The molecule has 1 unspecified atom stereocenters. The Hall–Kier alpha value is -0.760. The first-order valence-electron chi connectivity index (χ1n) is 4.39. The minimum Gasteiger partial charge on any atom is -0.615 e. The molecule has 90 valence electrons. The topological polar surface area (TPSA) is 92.4 Å². The van der Waals surface area contributed by atoms with Crippen molar-refractivity contribution < 1.29 is 17.7 Å². The van der Waals surface area contributed by atoms with Crippen molar-refractivity contribution in [1.82, 2.24) is 0 Å². The van der Waals surface area contributed by atoms with Gasteiger partial charge in [0.1, 0.15) is 11.5 Å². The molecule has 1 aromatic rings. The zero-order valence-electron chi connectivity index (χ0n) is 8.75. The SMILES string of the molecule is COc1ccc(C[S+]([O-])CS(N)(=O)=O)cc1. The predicted octanol–water partition coefficient (Wildman–Crippen LogP) is 0.190. The van der Waals surface area contributed by atoms with E-state index in [4.69, 9.17) is 9.88 Å². The summed E-state index contributed by atoms with van der Waals surface area (Å²) in [4.78, 5) is 0. The Morgan fingerprint density at radius 2 is 1.94 bits per heavy atom. The average Bonchev–Trinajstić information content (AvgIpc) is 2.16. The van der Waals surface area contributed by atoms with Gasteiger partial charge in [-0.2, -0.15) is 0 Å². The van der Waals surface area contributed by atoms with Crippen LogP contribution in [0, 0.1) is 0 Å². The molecule has 7 heteroatoms. The fourth-order valence-electron chi connectivity index (χ4n) is 1.13. The minimum absolute atomic E-state index is 0.167. The molecule has 1 rings (SSSR count). The lowest BCUT2D eigenvalue weighted by molar-refractivity contribution is 0.414. The van der Waals surface area contributed by atoms with Crippen molar-refractivity contribution >= 4 is 21.2 Å². The molecule has 2 N–H and O–H groups in total. The highest BCUT2D eigenvalue weighted by molar-refractivity contribution is 8.06. The molecule has 0 fully saturated rings. The molecular weight excluding hydrogens is 250 g/mol. The summed E-state index contributed by atoms with van der Waals surface area (Å²) in [6.45, 7) is 0. The van der Waals surface area contributed by atoms with Crippen LogP contribution in [0.15, 0.2) is 24.3 Å². The lowest BCUT2D eigenvalue weighted by Crippen LogP contribution is -2.24. The third kappa shape index (κ3) is 4.84. The van der Waals surface area contributed by atoms with E-state index in [1.54, 1.807) is 31.4 Å². The van der Waals surface area contributed by atoms with Crippen LogP contribution in [0.3, 0.4) is 0 Å². The van der Waals surface area contributed by atoms with Gasteiger partial charge in [-0.1, -0.05) is 12.1 Å². The molecule has 0 saturated carbocycles. The van der Waals surface area contributed by atoms with E-state index in [2.05, 4.69) is 0 Å². The molecule has 16 heavy (non-hydrogen) atoms. The van der Waals surface area contributed by atoms with E-state index < -0.39 is 26.3 Å². The summed E-state index contributed by atoms with van der Waals surface area (Å²) < 4.78 is 37.8. The highest BCUT2D eigenvalue weighted by Crippen LogP contribution is 2.14. The van der Waals surface area contributed by atoms with Crippen LogP contribution in [0.2, 0.25) is 0 Å². The highest BCUT2D eigenvalue weighted by Gasteiger charge is 2.15. The largest absolute Gasteiger partial charge is 0.615 e. The molecular formula is C9H13NO4S2. The minimum atomic E-state index is -3.68. The summed E-state index contributed by atoms with van der Waals surface area (Å²) in [6.07, 6.45) is 0. The van der Waals surface area contributed by atoms with Gasteiger partial charge in [0.2, 0.25) is 5.08 Å². The maximum atomic E-state index is 11.4. The zero-order valence-corrected chi connectivity index (χ0v) is 10.4. The van der Waals surface area contributed by atoms with Gasteiger partial charge in [0.25, 0.3) is 10.0 Å². The average molecular weight is 263 g/mol. The van der Waals surface area contributed by atoms with Gasteiger partial charge in [-0.15, -0.1) is 0 Å². The molecule has 1 atom stereocenters. The van der Waals surface area contributed by atoms with Crippen LogP contribution in [0.4, 0.5) is 0 Å². The van der Waals surface area contributed by atoms with Gasteiger partial charge in [0.15, 0.2) is 0 Å². The first kappa shape index (κ1) is 13.3. The maximum absolute atomic E-state index is 11.4. The molecule has 0 spiro atoms. The van der Waals surface area contributed by atoms with Crippen molar-refractivity contribution in [2.75, 3.05) is 12.2 Å².